The van der Waals surface area contributed by atoms with Gasteiger partial charge in [-0.2, -0.15) is 27.0 Å². The number of rotatable bonds is 25. The SMILES string of the molecule is CC(C)(C)OC(=O)N1CCC(CC(=O)C2CC[C@@H]3CN2C(=O)N3O)CC1.CC(C)(C)OC(=O)N1CCC(CC(=O)C2CC[C@@H]3CN2C(=O)N3OO[O-])CC1.CCCC[N+](CCCC)(CCCC)CCCC.CS(=O)(=O)O.O=C(CC1CC[NH2+]CC1)C1CC[C@@H]2CN1C(=O)N2OO[O-].O=S.O=S. The van der Waals surface area contributed by atoms with E-state index in [0.717, 1.165) is 66.8 Å². The van der Waals surface area contributed by atoms with E-state index in [1.807, 2.05) is 41.5 Å². The summed E-state index contributed by atoms with van der Waals surface area (Å²) >= 11 is 5.67. The molecule has 101 heavy (non-hydrogen) atoms. The minimum atomic E-state index is -3.67. The first-order chi connectivity index (χ1) is 47.8. The second-order valence-electron chi connectivity index (χ2n) is 29.9. The van der Waals surface area contributed by atoms with E-state index in [2.05, 4.69) is 78.1 Å². The highest BCUT2D eigenvalue weighted by molar-refractivity contribution is 7.85. The molecule has 9 saturated heterocycles. The Morgan fingerprint density at radius 3 is 1.09 bits per heavy atom. The van der Waals surface area contributed by atoms with Crippen LogP contribution in [0.5, 0.6) is 0 Å². The molecule has 8 amide bonds. The Morgan fingerprint density at radius 1 is 0.505 bits per heavy atom. The third-order valence-corrected chi connectivity index (χ3v) is 19.8. The second kappa shape index (κ2) is 44.7. The van der Waals surface area contributed by atoms with Gasteiger partial charge in [0.25, 0.3) is 10.1 Å². The highest BCUT2D eigenvalue weighted by atomic mass is 32.2. The average molecular weight is 1500 g/mol. The van der Waals surface area contributed by atoms with Crippen LogP contribution in [-0.2, 0) is 79.1 Å². The van der Waals surface area contributed by atoms with Gasteiger partial charge in [0.15, 0.2) is 42.4 Å². The number of nitrogens with zero attached hydrogens (tertiary/aromatic N) is 9. The van der Waals surface area contributed by atoms with Gasteiger partial charge in [-0.1, -0.05) is 53.4 Å². The van der Waals surface area contributed by atoms with Crippen molar-refractivity contribution in [2.75, 3.05) is 91.3 Å². The van der Waals surface area contributed by atoms with Gasteiger partial charge < -0.3 is 54.3 Å². The van der Waals surface area contributed by atoms with Crippen LogP contribution in [0.1, 0.15) is 217 Å². The maximum absolute atomic E-state index is 12.8. The van der Waals surface area contributed by atoms with Crippen LogP contribution >= 0.6 is 0 Å². The molecule has 0 aliphatic carbocycles. The molecule has 9 aliphatic heterocycles. The fourth-order valence-electron chi connectivity index (χ4n) is 14.6. The Kier molecular flexibility index (Phi) is 39.9. The zero-order chi connectivity index (χ0) is 75.8. The molecule has 3 unspecified atom stereocenters. The molecule has 6 atom stereocenters. The van der Waals surface area contributed by atoms with Gasteiger partial charge in [0.1, 0.15) is 11.2 Å². The molecule has 9 fully saturated rings. The van der Waals surface area contributed by atoms with E-state index in [1.165, 1.54) is 96.7 Å². The van der Waals surface area contributed by atoms with E-state index in [1.54, 1.807) is 9.80 Å². The van der Waals surface area contributed by atoms with E-state index in [9.17, 15) is 62.5 Å². The Balaban J connectivity index is 0.000000341. The van der Waals surface area contributed by atoms with Crippen molar-refractivity contribution >= 4 is 82.8 Å². The summed E-state index contributed by atoms with van der Waals surface area (Å²) in [4.78, 5) is 115. The number of hydrogen-bond donors (Lipinski definition) is 3. The van der Waals surface area contributed by atoms with Gasteiger partial charge in [0, 0.05) is 65.1 Å². The zero-order valence-electron chi connectivity index (χ0n) is 61.5. The standard InChI is InChI=1S/C18H29N3O7.C18H29N3O5.C16H36N.C13H21N3O5.CH4O3S.2OS/c1-18(2,3)26-17(24)19-8-6-12(7-9-19)10-15(22)14-5-4-13-11-20(14)16(23)21(13)27-28-25;1-18(2,3)26-17(24)19-8-6-12(7-9-19)10-15(22)14-5-4-13-11-20(14)16(23)21(13)25;1-5-9-13-17(14-10-6-2,15-11-7-3)16-12-8-4;17-12(7-9-3-5-14-6-4-9)11-2-1-10-8-15(11)13(18)16(10)20-21-19;1-5(2,3)4;2*1-2/h12-14,25H,4-11H2,1-3H3;12-14,25H,4-11H2,1-3H3;5-16H2,1-4H3;9-11,14,19H,1-8H2;1H3,(H,2,3,4);;/q;;+1;;;;/p-1/t2*13-,14?;;10-,11?;;;/m11.1.../s1. The summed E-state index contributed by atoms with van der Waals surface area (Å²) in [5.74, 6) is 1.07. The summed E-state index contributed by atoms with van der Waals surface area (Å²) in [6.45, 7) is 31.7. The molecule has 32 nitrogen and oxygen atoms in total. The molecule has 0 spiro atoms. The fraction of sp³-hybridized carbons (Fsp3) is 0.879. The molecule has 0 saturated carbocycles. The van der Waals surface area contributed by atoms with Crippen LogP contribution in [0.15, 0.2) is 0 Å². The van der Waals surface area contributed by atoms with E-state index in [4.69, 9.17) is 22.4 Å². The number of piperidine rings is 6. The van der Waals surface area contributed by atoms with Crippen LogP contribution in [0, 0.1) is 17.8 Å². The van der Waals surface area contributed by atoms with Crippen LogP contribution in [0.3, 0.4) is 0 Å². The molecule has 6 bridgehead atoms. The van der Waals surface area contributed by atoms with Crippen molar-refractivity contribution in [3.8, 4) is 0 Å². The molecule has 9 rings (SSSR count). The highest BCUT2D eigenvalue weighted by Crippen LogP contribution is 2.36. The first kappa shape index (κ1) is 90.2. The van der Waals surface area contributed by atoms with Crippen molar-refractivity contribution in [2.45, 2.75) is 264 Å². The number of urea groups is 3. The van der Waals surface area contributed by atoms with E-state index in [0.29, 0.717) is 116 Å². The predicted octanol–water partition coefficient (Wildman–Crippen LogP) is 5.41. The van der Waals surface area contributed by atoms with E-state index >= 15 is 0 Å². The number of quaternary nitrogens is 2. The number of carbonyl (C=O) groups is 8. The largest absolute Gasteiger partial charge is 0.690 e. The van der Waals surface area contributed by atoms with Crippen molar-refractivity contribution in [3.63, 3.8) is 0 Å². The summed E-state index contributed by atoms with van der Waals surface area (Å²) in [6, 6.07) is -3.32. The Hall–Kier alpha value is -5.05. The molecule has 9 aliphatic rings. The molecule has 4 N–H and O–H groups in total. The summed E-state index contributed by atoms with van der Waals surface area (Å²) in [6.07, 6.45) is 21.3. The second-order valence-corrected chi connectivity index (χ2v) is 31.3. The minimum Gasteiger partial charge on any atom is -0.690 e. The zero-order valence-corrected chi connectivity index (χ0v) is 64.0. The first-order valence-corrected chi connectivity index (χ1v) is 38.7. The van der Waals surface area contributed by atoms with Crippen molar-refractivity contribution < 1.29 is 115 Å². The third kappa shape index (κ3) is 29.8. The van der Waals surface area contributed by atoms with E-state index in [-0.39, 0.29) is 65.5 Å². The number of unbranched alkanes of at least 4 members (excludes halogenated alkanes) is 4. The molecule has 9 heterocycles. The van der Waals surface area contributed by atoms with Crippen LogP contribution in [0.4, 0.5) is 24.0 Å². The van der Waals surface area contributed by atoms with Gasteiger partial charge in [0.2, 0.25) is 0 Å². The fourth-order valence-corrected chi connectivity index (χ4v) is 14.6. The van der Waals surface area contributed by atoms with Gasteiger partial charge in [-0.25, -0.2) is 29.0 Å². The lowest BCUT2D eigenvalue weighted by Gasteiger charge is -2.39. The number of Topliss-reactive ketones (excluding diaryl/α,β-unsaturated/α-hetero) is 3. The molecule has 0 aromatic heterocycles. The third-order valence-electron chi connectivity index (χ3n) is 19.8. The predicted molar refractivity (Wildman–Crippen MR) is 366 cm³/mol. The van der Waals surface area contributed by atoms with Gasteiger partial charge in [-0.3, -0.25) is 34.2 Å². The smallest absolute Gasteiger partial charge is 0.410 e. The quantitative estimate of drug-likeness (QED) is 0.0338. The first-order valence-electron chi connectivity index (χ1n) is 36.2. The Labute approximate surface area is 607 Å². The van der Waals surface area contributed by atoms with Gasteiger partial charge >= 0.3 is 30.3 Å². The Bertz CT molecular complexity index is 2630. The number of ketones is 3. The summed E-state index contributed by atoms with van der Waals surface area (Å²) in [5.41, 5.74) is -1.04. The number of ether oxygens (including phenoxy) is 2. The van der Waals surface area contributed by atoms with Crippen LogP contribution < -0.4 is 15.8 Å². The van der Waals surface area contributed by atoms with Crippen LogP contribution in [0.2, 0.25) is 0 Å². The van der Waals surface area contributed by atoms with Crippen LogP contribution in [-0.4, -0.2) is 257 Å². The molecule has 35 heteroatoms. The number of carbonyl (C=O) groups excluding carboxylic acids is 8. The summed E-state index contributed by atoms with van der Waals surface area (Å²) < 4.78 is 53.7. The number of fused-ring (bicyclic) bond motifs is 6. The molecule has 0 radical (unpaired) electrons. The summed E-state index contributed by atoms with van der Waals surface area (Å²) in [7, 11) is -3.67. The van der Waals surface area contributed by atoms with Crippen molar-refractivity contribution in [2.24, 2.45) is 17.8 Å². The molecular formula is C66H118N10O22S3. The summed E-state index contributed by atoms with van der Waals surface area (Å²) in [5, 5.41) is 41.7. The minimum absolute atomic E-state index is 0.0207. The number of amides is 8. The molecule has 582 valence electrons. The number of nitrogens with two attached hydrogens (primary N) is 1. The lowest BCUT2D eigenvalue weighted by molar-refractivity contribution is -0.929. The lowest BCUT2D eigenvalue weighted by Crippen LogP contribution is -2.86. The highest BCUT2D eigenvalue weighted by Gasteiger charge is 2.51. The van der Waals surface area contributed by atoms with Gasteiger partial charge in [0.05, 0.1) is 81.8 Å². The maximum atomic E-state index is 12.8. The molecular weight excluding hydrogens is 1380 g/mol. The van der Waals surface area contributed by atoms with Gasteiger partial charge in [-0.15, -0.1) is 9.98 Å². The number of hydroxylamine groups is 6. The lowest BCUT2D eigenvalue weighted by atomic mass is 9.87. The Morgan fingerprint density at radius 2 is 0.792 bits per heavy atom. The average Bonchev–Trinajstić information content (AvgIpc) is 1.65. The molecule has 0 aromatic rings. The monoisotopic (exact) mass is 1500 g/mol. The number of likely N-dealkylation sites (tertiary alicyclic amines) is 2. The molecule has 0 aromatic carbocycles. The number of hydrogen-bond acceptors (Lipinski definition) is 23. The topological polar surface area (TPSA) is 389 Å². The van der Waals surface area contributed by atoms with Gasteiger partial charge in [-0.05, 0) is 162 Å². The normalized spacial score (nSPS) is 23.1. The van der Waals surface area contributed by atoms with Crippen molar-refractivity contribution in [1.82, 2.24) is 39.7 Å². The van der Waals surface area contributed by atoms with E-state index < -0.39 is 51.5 Å². The van der Waals surface area contributed by atoms with Crippen molar-refractivity contribution in [1.29, 1.82) is 0 Å². The van der Waals surface area contributed by atoms with Crippen LogP contribution in [0.25, 0.3) is 0 Å². The van der Waals surface area contributed by atoms with Crippen molar-refractivity contribution in [3.05, 3.63) is 0 Å². The maximum Gasteiger partial charge on any atom is 0.410 e.